The lowest BCUT2D eigenvalue weighted by Crippen LogP contribution is -2.36. The summed E-state index contributed by atoms with van der Waals surface area (Å²) in [6, 6.07) is 11.2. The first-order valence-electron chi connectivity index (χ1n) is 10.5. The second-order valence-electron chi connectivity index (χ2n) is 8.12. The first-order chi connectivity index (χ1) is 15.9. The molecule has 0 radical (unpaired) electrons. The van der Waals surface area contributed by atoms with Crippen LogP contribution >= 0.6 is 11.3 Å². The van der Waals surface area contributed by atoms with E-state index in [2.05, 4.69) is 25.5 Å². The van der Waals surface area contributed by atoms with Crippen LogP contribution in [-0.4, -0.2) is 54.7 Å². The molecule has 1 aliphatic heterocycles. The maximum absolute atomic E-state index is 12.5. The number of anilines is 1. The second-order valence-corrected chi connectivity index (χ2v) is 8.98. The molecule has 1 saturated heterocycles. The molecular weight excluding hydrogens is 438 g/mol. The second kappa shape index (κ2) is 8.38. The molecule has 0 bridgehead atoms. The molecule has 1 aromatic carbocycles. The zero-order valence-electron chi connectivity index (χ0n) is 18.2. The minimum atomic E-state index is -1.48. The predicted molar refractivity (Wildman–Crippen MR) is 125 cm³/mol. The molecule has 10 heteroatoms. The molecule has 0 spiro atoms. The van der Waals surface area contributed by atoms with Gasteiger partial charge in [-0.3, -0.25) is 9.89 Å². The highest BCUT2D eigenvalue weighted by molar-refractivity contribution is 7.13. The van der Waals surface area contributed by atoms with Gasteiger partial charge in [-0.15, -0.1) is 11.3 Å². The summed E-state index contributed by atoms with van der Waals surface area (Å²) in [7, 11) is 1.71. The molecule has 4 aromatic rings. The average Bonchev–Trinajstić information content (AvgIpc) is 3.55. The smallest absolute Gasteiger partial charge is 0.258 e. The van der Waals surface area contributed by atoms with E-state index in [1.807, 2.05) is 42.6 Å². The van der Waals surface area contributed by atoms with E-state index in [-0.39, 0.29) is 5.91 Å². The molecule has 0 aliphatic carbocycles. The van der Waals surface area contributed by atoms with Crippen LogP contribution < -0.4 is 5.32 Å². The zero-order valence-corrected chi connectivity index (χ0v) is 19.1. The van der Waals surface area contributed by atoms with Gasteiger partial charge >= 0.3 is 0 Å². The quantitative estimate of drug-likeness (QED) is 0.404. The molecule has 0 saturated carbocycles. The van der Waals surface area contributed by atoms with Crippen molar-refractivity contribution < 1.29 is 9.90 Å². The van der Waals surface area contributed by atoms with Crippen LogP contribution in [0.25, 0.3) is 22.0 Å². The first kappa shape index (κ1) is 21.2. The number of H-pyrrole nitrogens is 1. The van der Waals surface area contributed by atoms with Gasteiger partial charge in [-0.25, -0.2) is 15.0 Å². The number of likely N-dealkylation sites (N-methyl/N-ethyl adjacent to an activating group) is 1. The van der Waals surface area contributed by atoms with Crippen molar-refractivity contribution in [1.82, 2.24) is 30.0 Å². The summed E-state index contributed by atoms with van der Waals surface area (Å²) < 4.78 is 0. The summed E-state index contributed by atoms with van der Waals surface area (Å²) >= 11 is 1.48. The van der Waals surface area contributed by atoms with Gasteiger partial charge in [0.2, 0.25) is 5.95 Å². The van der Waals surface area contributed by atoms with E-state index < -0.39 is 5.60 Å². The lowest BCUT2D eigenvalue weighted by atomic mass is 9.91. The number of aromatic amines is 1. The number of aliphatic hydroxyl groups is 1. The summed E-state index contributed by atoms with van der Waals surface area (Å²) in [6.45, 7) is 3.00. The molecule has 1 fully saturated rings. The fraction of sp³-hybridized carbons (Fsp3) is 0.261. The minimum Gasteiger partial charge on any atom is -0.375 e. The van der Waals surface area contributed by atoms with Gasteiger partial charge in [-0.1, -0.05) is 18.2 Å². The fourth-order valence-corrected chi connectivity index (χ4v) is 4.69. The third-order valence-corrected chi connectivity index (χ3v) is 6.60. The van der Waals surface area contributed by atoms with Gasteiger partial charge in [0.05, 0.1) is 17.9 Å². The van der Waals surface area contributed by atoms with Gasteiger partial charge in [-0.2, -0.15) is 5.10 Å². The Morgan fingerprint density at radius 3 is 2.88 bits per heavy atom. The SMILES string of the molecule is Cc1cc(CNc2nccc(-c3csc(-c4cccc([C@]5(O)CCN(C)C5=O)c4)n3)n2)n[nH]1. The number of thiazole rings is 1. The Morgan fingerprint density at radius 1 is 1.24 bits per heavy atom. The molecule has 1 amide bonds. The van der Waals surface area contributed by atoms with Crippen LogP contribution in [0.15, 0.2) is 48.0 Å². The van der Waals surface area contributed by atoms with Crippen LogP contribution in [0, 0.1) is 6.92 Å². The van der Waals surface area contributed by atoms with E-state index >= 15 is 0 Å². The Hall–Kier alpha value is -3.63. The van der Waals surface area contributed by atoms with Crippen molar-refractivity contribution in [1.29, 1.82) is 0 Å². The molecule has 3 aromatic heterocycles. The zero-order chi connectivity index (χ0) is 23.0. The van der Waals surface area contributed by atoms with Crippen molar-refractivity contribution in [3.8, 4) is 22.0 Å². The number of rotatable bonds is 6. The van der Waals surface area contributed by atoms with Crippen molar-refractivity contribution >= 4 is 23.2 Å². The number of aromatic nitrogens is 5. The van der Waals surface area contributed by atoms with E-state index in [1.54, 1.807) is 24.2 Å². The third-order valence-electron chi connectivity index (χ3n) is 5.71. The maximum Gasteiger partial charge on any atom is 0.258 e. The molecule has 1 atom stereocenters. The topological polar surface area (TPSA) is 120 Å². The number of nitrogens with one attached hydrogen (secondary N) is 2. The van der Waals surface area contributed by atoms with Crippen LogP contribution in [0.4, 0.5) is 5.95 Å². The Kier molecular flexibility index (Phi) is 5.39. The number of amides is 1. The largest absolute Gasteiger partial charge is 0.375 e. The molecule has 4 heterocycles. The van der Waals surface area contributed by atoms with Gasteiger partial charge in [-0.05, 0) is 30.7 Å². The number of hydrogen-bond donors (Lipinski definition) is 3. The number of aryl methyl sites for hydroxylation is 1. The summed E-state index contributed by atoms with van der Waals surface area (Å²) in [6.07, 6.45) is 2.07. The standard InChI is InChI=1S/C23H23N7O2S/c1-14-10-17(29-28-14)12-25-22-24-8-6-18(27-22)19-13-33-20(26-19)15-4-3-5-16(11-15)23(32)7-9-30(2)21(23)31/h3-6,8,10-11,13,32H,7,9,12H2,1-2H3,(H,28,29)(H,24,25,27)/t23-/m1/s1. The number of carbonyl (C=O) groups excluding carboxylic acids is 1. The van der Waals surface area contributed by atoms with E-state index in [0.717, 1.165) is 27.7 Å². The highest BCUT2D eigenvalue weighted by atomic mass is 32.1. The van der Waals surface area contributed by atoms with Crippen LogP contribution in [0.1, 0.15) is 23.4 Å². The van der Waals surface area contributed by atoms with Gasteiger partial charge < -0.3 is 15.3 Å². The molecule has 9 nitrogen and oxygen atoms in total. The monoisotopic (exact) mass is 461 g/mol. The number of hydrogen-bond acceptors (Lipinski definition) is 8. The Labute approximate surface area is 194 Å². The van der Waals surface area contributed by atoms with Crippen molar-refractivity contribution in [2.45, 2.75) is 25.5 Å². The van der Waals surface area contributed by atoms with Crippen LogP contribution in [0.2, 0.25) is 0 Å². The summed E-state index contributed by atoms with van der Waals surface area (Å²) in [5.74, 6) is 0.223. The van der Waals surface area contributed by atoms with E-state index in [9.17, 15) is 9.90 Å². The van der Waals surface area contributed by atoms with Crippen LogP contribution in [0.5, 0.6) is 0 Å². The van der Waals surface area contributed by atoms with Gasteiger partial charge in [0.1, 0.15) is 10.7 Å². The predicted octanol–water partition coefficient (Wildman–Crippen LogP) is 2.96. The number of nitrogens with zero attached hydrogens (tertiary/aromatic N) is 5. The highest BCUT2D eigenvalue weighted by Crippen LogP contribution is 2.36. The number of likely N-dealkylation sites (tertiary alicyclic amines) is 1. The molecular formula is C23H23N7O2S. The summed E-state index contributed by atoms with van der Waals surface area (Å²) in [4.78, 5) is 27.6. The van der Waals surface area contributed by atoms with Gasteiger partial charge in [0.15, 0.2) is 5.60 Å². The molecule has 5 rings (SSSR count). The maximum atomic E-state index is 12.5. The Balaban J connectivity index is 1.36. The van der Waals surface area contributed by atoms with E-state index in [0.29, 0.717) is 36.7 Å². The van der Waals surface area contributed by atoms with Gasteiger partial charge in [0, 0.05) is 42.8 Å². The lowest BCUT2D eigenvalue weighted by Gasteiger charge is -2.21. The van der Waals surface area contributed by atoms with Crippen molar-refractivity contribution in [2.24, 2.45) is 0 Å². The average molecular weight is 462 g/mol. The molecule has 33 heavy (non-hydrogen) atoms. The fourth-order valence-electron chi connectivity index (χ4n) is 3.88. The highest BCUT2D eigenvalue weighted by Gasteiger charge is 2.45. The van der Waals surface area contributed by atoms with Crippen LogP contribution in [-0.2, 0) is 16.9 Å². The van der Waals surface area contributed by atoms with Crippen molar-refractivity contribution in [2.75, 3.05) is 18.9 Å². The number of carbonyl (C=O) groups is 1. The van der Waals surface area contributed by atoms with Crippen LogP contribution in [0.3, 0.4) is 0 Å². The van der Waals surface area contributed by atoms with Crippen molar-refractivity contribution in [3.63, 3.8) is 0 Å². The summed E-state index contributed by atoms with van der Waals surface area (Å²) in [5.41, 5.74) is 3.27. The molecule has 168 valence electrons. The first-order valence-corrected chi connectivity index (χ1v) is 11.4. The van der Waals surface area contributed by atoms with E-state index in [1.165, 1.54) is 11.3 Å². The minimum absolute atomic E-state index is 0.273. The summed E-state index contributed by atoms with van der Waals surface area (Å²) in [5, 5.41) is 24.0. The number of benzene rings is 1. The van der Waals surface area contributed by atoms with Gasteiger partial charge in [0.25, 0.3) is 5.91 Å². The Bertz CT molecular complexity index is 1320. The molecule has 0 unspecified atom stereocenters. The lowest BCUT2D eigenvalue weighted by molar-refractivity contribution is -0.143. The van der Waals surface area contributed by atoms with Crippen molar-refractivity contribution in [3.05, 3.63) is 64.9 Å². The third kappa shape index (κ3) is 4.10. The Morgan fingerprint density at radius 2 is 2.12 bits per heavy atom. The molecule has 1 aliphatic rings. The molecule has 3 N–H and O–H groups in total. The van der Waals surface area contributed by atoms with E-state index in [4.69, 9.17) is 4.98 Å². The normalized spacial score (nSPS) is 18.2.